The van der Waals surface area contributed by atoms with E-state index in [0.717, 1.165) is 34.8 Å². The highest BCUT2D eigenvalue weighted by Gasteiger charge is 2.41. The molecule has 2 N–H and O–H groups in total. The number of aliphatic hydroxyl groups excluding tert-OH is 1. The number of thiophene rings is 1. The average molecular weight is 339 g/mol. The van der Waals surface area contributed by atoms with Crippen LogP contribution in [0.5, 0.6) is 0 Å². The molecule has 5 heteroatoms. The first kappa shape index (κ1) is 15.5. The molecule has 0 aliphatic heterocycles. The molecular formula is C19H21N3OS. The molecule has 4 rings (SSSR count). The van der Waals surface area contributed by atoms with Crippen molar-refractivity contribution in [2.45, 2.75) is 26.2 Å². The number of nitrogens with one attached hydrogen (secondary N) is 1. The van der Waals surface area contributed by atoms with E-state index in [-0.39, 0.29) is 12.0 Å². The van der Waals surface area contributed by atoms with Crippen LogP contribution in [0.4, 0.5) is 5.82 Å². The van der Waals surface area contributed by atoms with Crippen LogP contribution < -0.4 is 5.32 Å². The van der Waals surface area contributed by atoms with Gasteiger partial charge in [0.1, 0.15) is 16.5 Å². The number of nitrogens with zero attached hydrogens (tertiary/aromatic N) is 2. The number of aliphatic hydroxyl groups is 1. The standard InChI is InChI=1S/C19H21N3OS/c1-13-21-17(20-12-19(7-8-19)9-10-23)15-11-16(24-18(15)22-13)14-5-3-2-4-6-14/h2-6,11,23H,7-10,12H2,1H3,(H,20,21,22). The van der Waals surface area contributed by atoms with Gasteiger partial charge < -0.3 is 10.4 Å². The summed E-state index contributed by atoms with van der Waals surface area (Å²) < 4.78 is 0. The van der Waals surface area contributed by atoms with Gasteiger partial charge in [-0.25, -0.2) is 9.97 Å². The average Bonchev–Trinajstić information content (AvgIpc) is 3.22. The fraction of sp³-hybridized carbons (Fsp3) is 0.368. The first-order valence-electron chi connectivity index (χ1n) is 8.37. The number of hydrogen-bond donors (Lipinski definition) is 2. The van der Waals surface area contributed by atoms with Crippen LogP contribution in [0, 0.1) is 12.3 Å². The van der Waals surface area contributed by atoms with Crippen molar-refractivity contribution in [3.05, 3.63) is 42.2 Å². The lowest BCUT2D eigenvalue weighted by molar-refractivity contribution is 0.253. The number of anilines is 1. The number of aryl methyl sites for hydroxylation is 1. The largest absolute Gasteiger partial charge is 0.396 e. The summed E-state index contributed by atoms with van der Waals surface area (Å²) in [7, 11) is 0. The Bertz CT molecular complexity index is 856. The van der Waals surface area contributed by atoms with E-state index < -0.39 is 0 Å². The number of fused-ring (bicyclic) bond motifs is 1. The van der Waals surface area contributed by atoms with Crippen LogP contribution in [0.25, 0.3) is 20.7 Å². The molecule has 0 saturated heterocycles. The van der Waals surface area contributed by atoms with Gasteiger partial charge in [0, 0.05) is 18.0 Å². The minimum atomic E-state index is 0.260. The summed E-state index contributed by atoms with van der Waals surface area (Å²) in [5, 5.41) is 13.8. The summed E-state index contributed by atoms with van der Waals surface area (Å²) >= 11 is 1.71. The maximum atomic E-state index is 9.23. The SMILES string of the molecule is Cc1nc(NCC2(CCO)CC2)c2cc(-c3ccccc3)sc2n1. The van der Waals surface area contributed by atoms with Crippen LogP contribution in [0.2, 0.25) is 0 Å². The van der Waals surface area contributed by atoms with Gasteiger partial charge in [0.15, 0.2) is 0 Å². The zero-order valence-corrected chi connectivity index (χ0v) is 14.6. The van der Waals surface area contributed by atoms with E-state index in [9.17, 15) is 5.11 Å². The van der Waals surface area contributed by atoms with Crippen molar-refractivity contribution in [3.63, 3.8) is 0 Å². The van der Waals surface area contributed by atoms with Gasteiger partial charge in [-0.05, 0) is 43.2 Å². The van der Waals surface area contributed by atoms with E-state index in [0.29, 0.717) is 0 Å². The molecule has 24 heavy (non-hydrogen) atoms. The third-order valence-electron chi connectivity index (χ3n) is 4.79. The van der Waals surface area contributed by atoms with E-state index in [4.69, 9.17) is 0 Å². The minimum Gasteiger partial charge on any atom is -0.396 e. The Kier molecular flexibility index (Phi) is 3.98. The van der Waals surface area contributed by atoms with E-state index >= 15 is 0 Å². The molecule has 1 aliphatic rings. The van der Waals surface area contributed by atoms with Crippen molar-refractivity contribution in [3.8, 4) is 10.4 Å². The molecule has 0 spiro atoms. The topological polar surface area (TPSA) is 58.0 Å². The van der Waals surface area contributed by atoms with Gasteiger partial charge in [0.2, 0.25) is 0 Å². The molecule has 0 amide bonds. The third kappa shape index (κ3) is 3.01. The molecule has 4 nitrogen and oxygen atoms in total. The molecule has 0 radical (unpaired) electrons. The molecule has 2 aromatic heterocycles. The monoisotopic (exact) mass is 339 g/mol. The molecule has 0 unspecified atom stereocenters. The second kappa shape index (κ2) is 6.15. The van der Waals surface area contributed by atoms with Crippen LogP contribution >= 0.6 is 11.3 Å². The first-order valence-corrected chi connectivity index (χ1v) is 9.19. The summed E-state index contributed by atoms with van der Waals surface area (Å²) in [4.78, 5) is 11.5. The van der Waals surface area contributed by atoms with Crippen molar-refractivity contribution in [2.24, 2.45) is 5.41 Å². The van der Waals surface area contributed by atoms with Crippen LogP contribution in [0.3, 0.4) is 0 Å². The van der Waals surface area contributed by atoms with E-state index in [1.54, 1.807) is 11.3 Å². The predicted molar refractivity (Wildman–Crippen MR) is 99.4 cm³/mol. The third-order valence-corrected chi connectivity index (χ3v) is 5.87. The molecule has 1 saturated carbocycles. The summed E-state index contributed by atoms with van der Waals surface area (Å²) in [6.07, 6.45) is 3.24. The fourth-order valence-electron chi connectivity index (χ4n) is 3.11. The predicted octanol–water partition coefficient (Wildman–Crippen LogP) is 4.24. The smallest absolute Gasteiger partial charge is 0.138 e. The van der Waals surface area contributed by atoms with E-state index in [2.05, 4.69) is 45.6 Å². The Morgan fingerprint density at radius 3 is 2.71 bits per heavy atom. The molecule has 3 aromatic rings. The van der Waals surface area contributed by atoms with Gasteiger partial charge in [-0.1, -0.05) is 30.3 Å². The summed E-state index contributed by atoms with van der Waals surface area (Å²) in [6, 6.07) is 12.6. The zero-order chi connectivity index (χ0) is 16.6. The van der Waals surface area contributed by atoms with Gasteiger partial charge in [-0.2, -0.15) is 0 Å². The Morgan fingerprint density at radius 2 is 2.00 bits per heavy atom. The van der Waals surface area contributed by atoms with Crippen LogP contribution in [-0.4, -0.2) is 28.2 Å². The quantitative estimate of drug-likeness (QED) is 0.705. The van der Waals surface area contributed by atoms with Gasteiger partial charge in [0.25, 0.3) is 0 Å². The highest BCUT2D eigenvalue weighted by molar-refractivity contribution is 7.21. The number of hydrogen-bond acceptors (Lipinski definition) is 5. The van der Waals surface area contributed by atoms with Crippen molar-refractivity contribution < 1.29 is 5.11 Å². The first-order chi connectivity index (χ1) is 11.7. The molecule has 0 atom stereocenters. The second-order valence-electron chi connectivity index (χ2n) is 6.64. The zero-order valence-electron chi connectivity index (χ0n) is 13.7. The van der Waals surface area contributed by atoms with E-state index in [1.807, 2.05) is 13.0 Å². The summed E-state index contributed by atoms with van der Waals surface area (Å²) in [5.41, 5.74) is 1.47. The minimum absolute atomic E-state index is 0.260. The van der Waals surface area contributed by atoms with Gasteiger partial charge in [-0.3, -0.25) is 0 Å². The highest BCUT2D eigenvalue weighted by Crippen LogP contribution is 2.48. The number of aromatic nitrogens is 2. The number of rotatable bonds is 6. The highest BCUT2D eigenvalue weighted by atomic mass is 32.1. The lowest BCUT2D eigenvalue weighted by Gasteiger charge is -2.15. The fourth-order valence-corrected chi connectivity index (χ4v) is 4.19. The molecule has 2 heterocycles. The Labute approximate surface area is 145 Å². The number of benzene rings is 1. The van der Waals surface area contributed by atoms with Gasteiger partial charge in [-0.15, -0.1) is 11.3 Å². The molecule has 124 valence electrons. The molecular weight excluding hydrogens is 318 g/mol. The van der Waals surface area contributed by atoms with Crippen molar-refractivity contribution in [2.75, 3.05) is 18.5 Å². The lowest BCUT2D eigenvalue weighted by atomic mass is 10.0. The van der Waals surface area contributed by atoms with Crippen LogP contribution in [0.1, 0.15) is 25.1 Å². The van der Waals surface area contributed by atoms with Crippen molar-refractivity contribution >= 4 is 27.4 Å². The van der Waals surface area contributed by atoms with Gasteiger partial charge in [0.05, 0.1) is 5.39 Å². The maximum Gasteiger partial charge on any atom is 0.138 e. The van der Waals surface area contributed by atoms with Crippen molar-refractivity contribution in [1.29, 1.82) is 0 Å². The summed E-state index contributed by atoms with van der Waals surface area (Å²) in [5.74, 6) is 1.71. The summed E-state index contributed by atoms with van der Waals surface area (Å²) in [6.45, 7) is 3.07. The van der Waals surface area contributed by atoms with E-state index in [1.165, 1.54) is 23.3 Å². The second-order valence-corrected chi connectivity index (χ2v) is 7.67. The van der Waals surface area contributed by atoms with Crippen molar-refractivity contribution in [1.82, 2.24) is 9.97 Å². The maximum absolute atomic E-state index is 9.23. The van der Waals surface area contributed by atoms with Crippen LogP contribution in [-0.2, 0) is 0 Å². The Morgan fingerprint density at radius 1 is 1.21 bits per heavy atom. The Hall–Kier alpha value is -1.98. The molecule has 1 fully saturated rings. The lowest BCUT2D eigenvalue weighted by Crippen LogP contribution is -2.17. The Balaban J connectivity index is 1.66. The normalized spacial score (nSPS) is 15.6. The van der Waals surface area contributed by atoms with Gasteiger partial charge >= 0.3 is 0 Å². The van der Waals surface area contributed by atoms with Crippen LogP contribution in [0.15, 0.2) is 36.4 Å². The molecule has 1 aliphatic carbocycles. The molecule has 0 bridgehead atoms. The molecule has 1 aromatic carbocycles.